The minimum Gasteiger partial charge on any atom is -0.507 e. The summed E-state index contributed by atoms with van der Waals surface area (Å²) in [6, 6.07) is 36.7. The molecular weight excluding hydrogens is 755 g/mol. The first-order chi connectivity index (χ1) is 31.3. The van der Waals surface area contributed by atoms with Gasteiger partial charge in [0.1, 0.15) is 11.6 Å². The second-order valence-corrected chi connectivity index (χ2v) is 19.9. The molecule has 0 fully saturated rings. The number of hydrogen-bond acceptors (Lipinski definition) is 3. The maximum absolute atomic E-state index is 12.5. The first-order valence-corrected chi connectivity index (χ1v) is 21.6. The number of imidazole rings is 1. The summed E-state index contributed by atoms with van der Waals surface area (Å²) >= 11 is 0. The van der Waals surface area contributed by atoms with E-state index in [1.807, 2.05) is 44.2 Å². The lowest BCUT2D eigenvalue weighted by Gasteiger charge is -2.27. The Bertz CT molecular complexity index is 3200. The van der Waals surface area contributed by atoms with Crippen LogP contribution in [0.4, 0.5) is 0 Å². The second-order valence-electron chi connectivity index (χ2n) is 19.9. The van der Waals surface area contributed by atoms with E-state index in [-0.39, 0.29) is 51.7 Å². The van der Waals surface area contributed by atoms with Crippen molar-refractivity contribution in [2.45, 2.75) is 105 Å². The van der Waals surface area contributed by atoms with Crippen molar-refractivity contribution in [3.8, 4) is 67.5 Å². The summed E-state index contributed by atoms with van der Waals surface area (Å²) in [4.78, 5) is 10.4. The Labute approximate surface area is 376 Å². The van der Waals surface area contributed by atoms with E-state index in [0.29, 0.717) is 28.2 Å². The van der Waals surface area contributed by atoms with Gasteiger partial charge in [-0.1, -0.05) is 167 Å². The Kier molecular flexibility index (Phi) is 9.33. The van der Waals surface area contributed by atoms with Gasteiger partial charge in [0.15, 0.2) is 0 Å². The molecule has 1 N–H and O–H groups in total. The van der Waals surface area contributed by atoms with Crippen molar-refractivity contribution >= 4 is 11.0 Å². The molecule has 0 spiro atoms. The molecule has 0 saturated carbocycles. The normalized spacial score (nSPS) is 13.7. The maximum atomic E-state index is 12.5. The molecule has 8 aromatic rings. The van der Waals surface area contributed by atoms with Gasteiger partial charge in [-0.25, -0.2) is 4.98 Å². The monoisotopic (exact) mass is 821 g/mol. The number of aromatic nitrogens is 3. The summed E-state index contributed by atoms with van der Waals surface area (Å²) in [7, 11) is 0. The number of benzene rings is 6. The predicted octanol–water partition coefficient (Wildman–Crippen LogP) is 15.8. The van der Waals surface area contributed by atoms with Gasteiger partial charge in [0.05, 0.1) is 33.5 Å². The summed E-state index contributed by atoms with van der Waals surface area (Å²) in [6.45, 7) is 24.9. The fourth-order valence-electron chi connectivity index (χ4n) is 8.08. The van der Waals surface area contributed by atoms with Gasteiger partial charge in [-0.3, -0.25) is 9.55 Å². The van der Waals surface area contributed by atoms with Crippen LogP contribution in [0.15, 0.2) is 140 Å². The predicted molar refractivity (Wildman–Crippen MR) is 263 cm³/mol. The van der Waals surface area contributed by atoms with Crippen LogP contribution < -0.4 is 0 Å². The fraction of sp³-hybridized carbons (Fsp3) is 0.276. The van der Waals surface area contributed by atoms with Crippen molar-refractivity contribution in [3.05, 3.63) is 167 Å². The van der Waals surface area contributed by atoms with Crippen LogP contribution in [-0.4, -0.2) is 19.6 Å². The lowest BCUT2D eigenvalue weighted by molar-refractivity contribution is 0.446. The summed E-state index contributed by atoms with van der Waals surface area (Å²) in [5.41, 5.74) is 12.3. The van der Waals surface area contributed by atoms with Crippen molar-refractivity contribution in [1.82, 2.24) is 14.5 Å². The Hall–Kier alpha value is -6.26. The zero-order valence-electron chi connectivity index (χ0n) is 43.3. The van der Waals surface area contributed by atoms with E-state index in [1.165, 1.54) is 0 Å². The molecule has 4 heteroatoms. The molecule has 2 aromatic heterocycles. The lowest BCUT2D eigenvalue weighted by Crippen LogP contribution is -2.17. The molecule has 0 bridgehead atoms. The molecule has 0 unspecified atom stereocenters. The zero-order chi connectivity index (χ0) is 48.7. The summed E-state index contributed by atoms with van der Waals surface area (Å²) in [5.74, 6) is -0.0872. The van der Waals surface area contributed by atoms with Gasteiger partial charge in [0, 0.05) is 29.8 Å². The van der Waals surface area contributed by atoms with E-state index < -0.39 is 5.89 Å². The highest BCUT2D eigenvalue weighted by molar-refractivity contribution is 5.98. The van der Waals surface area contributed by atoms with Crippen molar-refractivity contribution in [2.75, 3.05) is 0 Å². The maximum Gasteiger partial charge on any atom is 0.149 e. The van der Waals surface area contributed by atoms with Crippen LogP contribution >= 0.6 is 0 Å². The highest BCUT2D eigenvalue weighted by atomic mass is 16.3. The Morgan fingerprint density at radius 1 is 0.597 bits per heavy atom. The molecule has 62 heavy (non-hydrogen) atoms. The Balaban J connectivity index is 1.46. The van der Waals surface area contributed by atoms with Crippen molar-refractivity contribution < 1.29 is 12.0 Å². The first kappa shape index (κ1) is 36.4. The summed E-state index contributed by atoms with van der Waals surface area (Å²) in [5, 5.41) is 12.5. The number of para-hydroxylation sites is 1. The molecule has 0 atom stereocenters. The van der Waals surface area contributed by atoms with Crippen LogP contribution in [0, 0.1) is 6.92 Å². The van der Waals surface area contributed by atoms with Crippen LogP contribution in [0.1, 0.15) is 117 Å². The average molecular weight is 821 g/mol. The highest BCUT2D eigenvalue weighted by Crippen LogP contribution is 2.46. The van der Waals surface area contributed by atoms with Crippen LogP contribution in [0.3, 0.4) is 0 Å². The van der Waals surface area contributed by atoms with Crippen LogP contribution in [0.25, 0.3) is 72.7 Å². The molecule has 0 saturated heterocycles. The number of aromatic hydroxyl groups is 1. The smallest absolute Gasteiger partial charge is 0.149 e. The molecule has 0 aliphatic rings. The number of phenolic OH excluding ortho intramolecular Hbond substituents is 1. The topological polar surface area (TPSA) is 50.9 Å². The summed E-state index contributed by atoms with van der Waals surface area (Å²) in [6.07, 6.45) is 1.66. The van der Waals surface area contributed by atoms with E-state index in [2.05, 4.69) is 140 Å². The zero-order valence-corrected chi connectivity index (χ0v) is 38.3. The van der Waals surface area contributed by atoms with E-state index in [9.17, 15) is 5.11 Å². The van der Waals surface area contributed by atoms with Gasteiger partial charge in [-0.2, -0.15) is 0 Å². The molecule has 0 aliphatic carbocycles. The van der Waals surface area contributed by atoms with Gasteiger partial charge in [-0.15, -0.1) is 0 Å². The Morgan fingerprint density at radius 3 is 1.94 bits per heavy atom. The van der Waals surface area contributed by atoms with Gasteiger partial charge in [-0.05, 0) is 117 Å². The van der Waals surface area contributed by atoms with E-state index >= 15 is 0 Å². The molecule has 0 radical (unpaired) electrons. The molecule has 6 aromatic carbocycles. The summed E-state index contributed by atoms with van der Waals surface area (Å²) < 4.78 is 46.0. The second kappa shape index (κ2) is 15.9. The third-order valence-electron chi connectivity index (χ3n) is 11.8. The first-order valence-electron chi connectivity index (χ1n) is 24.1. The number of hydrogen-bond donors (Lipinski definition) is 1. The molecular formula is C58H61N3O. The quantitative estimate of drug-likeness (QED) is 0.174. The molecule has 314 valence electrons. The molecule has 0 amide bonds. The van der Waals surface area contributed by atoms with E-state index in [1.54, 1.807) is 19.2 Å². The van der Waals surface area contributed by atoms with Gasteiger partial charge < -0.3 is 5.11 Å². The lowest BCUT2D eigenvalue weighted by atomic mass is 9.79. The van der Waals surface area contributed by atoms with Gasteiger partial charge in [0.25, 0.3) is 0 Å². The standard InChI is InChI=1S/C58H61N3O/c1-36(2)40-25-26-51(47(32-40)39-17-14-13-15-18-39)61-52-20-16-19-46(53(52)60-55(61)48-34-45(57(7,8)9)35-49(54(48)62)58(10,11)12)42-29-43(31-44(30-42)56(4,5)6)50-33-41(27-28-59-50)38-23-21-37(3)22-24-38/h13-36,62H,1-12H3/i21D,22D,23D,24D,36D. The fourth-order valence-corrected chi connectivity index (χ4v) is 8.08. The molecule has 2 heterocycles. The molecule has 0 aliphatic heterocycles. The number of pyridine rings is 1. The largest absolute Gasteiger partial charge is 0.507 e. The van der Waals surface area contributed by atoms with Crippen LogP contribution in [0.2, 0.25) is 0 Å². The minimum absolute atomic E-state index is 0.0570. The third-order valence-corrected chi connectivity index (χ3v) is 11.8. The average Bonchev–Trinajstić information content (AvgIpc) is 3.66. The van der Waals surface area contributed by atoms with Crippen LogP contribution in [-0.2, 0) is 16.2 Å². The van der Waals surface area contributed by atoms with E-state index in [4.69, 9.17) is 16.8 Å². The molecule has 4 nitrogen and oxygen atoms in total. The van der Waals surface area contributed by atoms with Gasteiger partial charge in [0.2, 0.25) is 0 Å². The van der Waals surface area contributed by atoms with Crippen molar-refractivity contribution in [1.29, 1.82) is 0 Å². The van der Waals surface area contributed by atoms with Gasteiger partial charge >= 0.3 is 0 Å². The minimum atomic E-state index is -0.859. The number of nitrogens with zero attached hydrogens (tertiary/aromatic N) is 3. The number of phenols is 1. The SMILES string of the molecule is [2H]c1c([2H])c(-c2ccnc(-c3cc(-c4cccc5c4nc(-c4cc(C(C)(C)C)cc(C(C)(C)C)c4O)n5-c4ccc(C([2H])(C)C)cc4-c4ccccc4)cc(C(C)(C)C)c3)c2)c([2H])c([2H])c1C. The number of fused-ring (bicyclic) bond motifs is 1. The van der Waals surface area contributed by atoms with Crippen molar-refractivity contribution in [2.24, 2.45) is 0 Å². The highest BCUT2D eigenvalue weighted by Gasteiger charge is 2.29. The van der Waals surface area contributed by atoms with E-state index in [0.717, 1.165) is 66.8 Å². The van der Waals surface area contributed by atoms with Crippen molar-refractivity contribution in [3.63, 3.8) is 0 Å². The number of rotatable bonds is 7. The molecule has 8 rings (SSSR count). The third kappa shape index (κ3) is 8.23. The van der Waals surface area contributed by atoms with Crippen LogP contribution in [0.5, 0.6) is 5.75 Å². The Morgan fingerprint density at radius 2 is 1.27 bits per heavy atom.